The van der Waals surface area contributed by atoms with Crippen LogP contribution in [-0.2, 0) is 0 Å². The van der Waals surface area contributed by atoms with E-state index in [4.69, 9.17) is 4.74 Å². The molecule has 0 atom stereocenters. The normalized spacial score (nSPS) is 10.3. The summed E-state index contributed by atoms with van der Waals surface area (Å²) in [5.74, 6) is 0. The van der Waals surface area contributed by atoms with Gasteiger partial charge >= 0.3 is 6.01 Å². The van der Waals surface area contributed by atoms with Gasteiger partial charge in [0, 0.05) is 6.20 Å². The van der Waals surface area contributed by atoms with Gasteiger partial charge in [-0.05, 0) is 12.1 Å². The highest BCUT2D eigenvalue weighted by molar-refractivity contribution is 5.43. The first-order valence-electron chi connectivity index (χ1n) is 3.24. The lowest BCUT2D eigenvalue weighted by atomic mass is 10.5. The third-order valence-electron chi connectivity index (χ3n) is 1.44. The fourth-order valence-electron chi connectivity index (χ4n) is 0.912. The Kier molecular flexibility index (Phi) is 1.25. The maximum Gasteiger partial charge on any atom is 0.333 e. The zero-order valence-corrected chi connectivity index (χ0v) is 6.06. The van der Waals surface area contributed by atoms with Crippen molar-refractivity contribution in [2.45, 2.75) is 0 Å². The number of ether oxygens (including phenoxy) is 1. The third kappa shape index (κ3) is 0.920. The van der Waals surface area contributed by atoms with Gasteiger partial charge in [0.05, 0.1) is 18.8 Å². The summed E-state index contributed by atoms with van der Waals surface area (Å²) in [6.45, 7) is 0. The second kappa shape index (κ2) is 2.23. The molecule has 0 radical (unpaired) electrons. The molecule has 56 valence electrons. The van der Waals surface area contributed by atoms with Gasteiger partial charge in [-0.3, -0.25) is 0 Å². The van der Waals surface area contributed by atoms with Crippen LogP contribution in [-0.4, -0.2) is 21.7 Å². The van der Waals surface area contributed by atoms with E-state index >= 15 is 0 Å². The van der Waals surface area contributed by atoms with Gasteiger partial charge in [0.2, 0.25) is 0 Å². The van der Waals surface area contributed by atoms with Gasteiger partial charge in [-0.25, -0.2) is 9.50 Å². The summed E-state index contributed by atoms with van der Waals surface area (Å²) in [6.07, 6.45) is 3.56. The summed E-state index contributed by atoms with van der Waals surface area (Å²) in [4.78, 5) is 3.94. The lowest BCUT2D eigenvalue weighted by Crippen LogP contribution is -1.96. The largest absolute Gasteiger partial charge is 0.466 e. The van der Waals surface area contributed by atoms with E-state index < -0.39 is 0 Å². The zero-order valence-electron chi connectivity index (χ0n) is 6.06. The molecule has 0 aromatic carbocycles. The molecule has 4 heteroatoms. The van der Waals surface area contributed by atoms with Gasteiger partial charge < -0.3 is 4.74 Å². The third-order valence-corrected chi connectivity index (χ3v) is 1.44. The first-order valence-corrected chi connectivity index (χ1v) is 3.24. The lowest BCUT2D eigenvalue weighted by molar-refractivity contribution is 0.371. The highest BCUT2D eigenvalue weighted by Gasteiger charge is 1.95. The molecule has 0 saturated heterocycles. The van der Waals surface area contributed by atoms with E-state index in [2.05, 4.69) is 10.1 Å². The number of rotatable bonds is 1. The van der Waals surface area contributed by atoms with E-state index in [1.807, 2.05) is 18.3 Å². The predicted octanol–water partition coefficient (Wildman–Crippen LogP) is 0.738. The van der Waals surface area contributed by atoms with Crippen molar-refractivity contribution in [3.8, 4) is 6.01 Å². The molecule has 0 fully saturated rings. The molecule has 0 saturated carbocycles. The second-order valence-corrected chi connectivity index (χ2v) is 2.12. The maximum absolute atomic E-state index is 4.85. The van der Waals surface area contributed by atoms with Gasteiger partial charge in [-0.15, -0.1) is 5.10 Å². The van der Waals surface area contributed by atoms with E-state index in [1.165, 1.54) is 0 Å². The van der Waals surface area contributed by atoms with Crippen molar-refractivity contribution in [3.05, 3.63) is 24.5 Å². The minimum absolute atomic E-state index is 0.383. The minimum atomic E-state index is 0.383. The Labute approximate surface area is 63.4 Å². The molecule has 2 aromatic heterocycles. The van der Waals surface area contributed by atoms with Gasteiger partial charge in [-0.1, -0.05) is 0 Å². The Bertz CT molecular complexity index is 368. The molecule has 0 unspecified atom stereocenters. The van der Waals surface area contributed by atoms with Crippen LogP contribution in [0.1, 0.15) is 0 Å². The molecule has 4 nitrogen and oxygen atoms in total. The van der Waals surface area contributed by atoms with Crippen molar-refractivity contribution in [1.29, 1.82) is 0 Å². The Morgan fingerprint density at radius 2 is 2.45 bits per heavy atom. The van der Waals surface area contributed by atoms with Crippen molar-refractivity contribution in [1.82, 2.24) is 14.6 Å². The smallest absolute Gasteiger partial charge is 0.333 e. The molecular formula is C7H7N3O. The molecule has 11 heavy (non-hydrogen) atoms. The molecule has 0 aliphatic carbocycles. The standard InChI is InChI=1S/C7H7N3O/c1-11-7-8-5-6-3-2-4-10(6)9-7/h2-5H,1H3. The topological polar surface area (TPSA) is 39.4 Å². The van der Waals surface area contributed by atoms with E-state index in [1.54, 1.807) is 17.8 Å². The van der Waals surface area contributed by atoms with Crippen molar-refractivity contribution in [2.24, 2.45) is 0 Å². The second-order valence-electron chi connectivity index (χ2n) is 2.12. The molecule has 0 bridgehead atoms. The highest BCUT2D eigenvalue weighted by Crippen LogP contribution is 2.03. The molecule has 0 amide bonds. The molecule has 2 aromatic rings. The fraction of sp³-hybridized carbons (Fsp3) is 0.143. The Balaban J connectivity index is 2.67. The minimum Gasteiger partial charge on any atom is -0.466 e. The Hall–Kier alpha value is -1.58. The van der Waals surface area contributed by atoms with E-state index in [9.17, 15) is 0 Å². The molecule has 2 heterocycles. The van der Waals surface area contributed by atoms with Crippen LogP contribution in [0.4, 0.5) is 0 Å². The number of hydrogen-bond acceptors (Lipinski definition) is 3. The van der Waals surface area contributed by atoms with E-state index in [0.29, 0.717) is 6.01 Å². The number of hydrogen-bond donors (Lipinski definition) is 0. The quantitative estimate of drug-likeness (QED) is 0.600. The molecule has 0 aliphatic heterocycles. The van der Waals surface area contributed by atoms with Crippen LogP contribution >= 0.6 is 0 Å². The number of aromatic nitrogens is 3. The summed E-state index contributed by atoms with van der Waals surface area (Å²) in [5.41, 5.74) is 0.964. The van der Waals surface area contributed by atoms with Crippen LogP contribution in [0.3, 0.4) is 0 Å². The van der Waals surface area contributed by atoms with Crippen molar-refractivity contribution in [2.75, 3.05) is 7.11 Å². The van der Waals surface area contributed by atoms with Crippen LogP contribution in [0.15, 0.2) is 24.5 Å². The lowest BCUT2D eigenvalue weighted by Gasteiger charge is -1.96. The van der Waals surface area contributed by atoms with Gasteiger partial charge in [0.1, 0.15) is 0 Å². The first-order chi connectivity index (χ1) is 5.40. The zero-order chi connectivity index (χ0) is 7.68. The average molecular weight is 149 g/mol. The van der Waals surface area contributed by atoms with Crippen molar-refractivity contribution < 1.29 is 4.74 Å². The maximum atomic E-state index is 4.85. The summed E-state index contributed by atoms with van der Waals surface area (Å²) in [7, 11) is 1.55. The van der Waals surface area contributed by atoms with Crippen LogP contribution in [0, 0.1) is 0 Å². The highest BCUT2D eigenvalue weighted by atomic mass is 16.5. The van der Waals surface area contributed by atoms with Crippen molar-refractivity contribution in [3.63, 3.8) is 0 Å². The number of nitrogens with zero attached hydrogens (tertiary/aromatic N) is 3. The average Bonchev–Trinajstić information content (AvgIpc) is 2.50. The first kappa shape index (κ1) is 6.15. The van der Waals surface area contributed by atoms with Crippen LogP contribution in [0.5, 0.6) is 6.01 Å². The van der Waals surface area contributed by atoms with Gasteiger partial charge in [0.25, 0.3) is 0 Å². The monoisotopic (exact) mass is 149 g/mol. The molecule has 0 spiro atoms. The predicted molar refractivity (Wildman–Crippen MR) is 39.5 cm³/mol. The molecule has 2 rings (SSSR count). The summed E-state index contributed by atoms with van der Waals surface area (Å²) in [6, 6.07) is 4.22. The van der Waals surface area contributed by atoms with Crippen LogP contribution < -0.4 is 4.74 Å². The fourth-order valence-corrected chi connectivity index (χ4v) is 0.912. The van der Waals surface area contributed by atoms with Gasteiger partial charge in [0.15, 0.2) is 0 Å². The van der Waals surface area contributed by atoms with Crippen LogP contribution in [0.2, 0.25) is 0 Å². The van der Waals surface area contributed by atoms with E-state index in [-0.39, 0.29) is 0 Å². The molecular weight excluding hydrogens is 142 g/mol. The molecule has 0 N–H and O–H groups in total. The Morgan fingerprint density at radius 1 is 1.55 bits per heavy atom. The Morgan fingerprint density at radius 3 is 3.27 bits per heavy atom. The van der Waals surface area contributed by atoms with E-state index in [0.717, 1.165) is 5.52 Å². The van der Waals surface area contributed by atoms with Crippen molar-refractivity contribution >= 4 is 5.52 Å². The number of methoxy groups -OCH3 is 1. The van der Waals surface area contributed by atoms with Crippen LogP contribution in [0.25, 0.3) is 5.52 Å². The summed E-state index contributed by atoms with van der Waals surface area (Å²) < 4.78 is 6.56. The summed E-state index contributed by atoms with van der Waals surface area (Å²) in [5, 5.41) is 4.04. The summed E-state index contributed by atoms with van der Waals surface area (Å²) >= 11 is 0. The molecule has 0 aliphatic rings. The SMILES string of the molecule is COc1ncc2cccn2n1. The number of fused-ring (bicyclic) bond motifs is 1. The van der Waals surface area contributed by atoms with Gasteiger partial charge in [-0.2, -0.15) is 0 Å².